The van der Waals surface area contributed by atoms with Gasteiger partial charge in [0, 0.05) is 78.4 Å². The van der Waals surface area contributed by atoms with Crippen LogP contribution in [-0.4, -0.2) is 55.5 Å². The van der Waals surface area contributed by atoms with Crippen molar-refractivity contribution in [3.05, 3.63) is 66.8 Å². The molecule has 1 N–H and O–H groups in total. The Hall–Kier alpha value is -3.63. The highest BCUT2D eigenvalue weighted by atomic mass is 32.2. The number of aliphatic imine (C=N–C) groups is 1. The number of halogens is 1. The molecule has 0 bridgehead atoms. The minimum absolute atomic E-state index is 0.308. The molecule has 5 aromatic heterocycles. The average Bonchev–Trinajstić information content (AvgIpc) is 3.48. The molecule has 1 fully saturated rings. The van der Waals surface area contributed by atoms with Crippen LogP contribution in [0.3, 0.4) is 0 Å². The number of rotatable bonds is 5. The fraction of sp³-hybridized carbons (Fsp3) is 0.240. The third-order valence-corrected chi connectivity index (χ3v) is 7.25. The summed E-state index contributed by atoms with van der Waals surface area (Å²) in [6.07, 6.45) is 14.9. The number of nitrogens with one attached hydrogen (secondary N) is 1. The van der Waals surface area contributed by atoms with Crippen molar-refractivity contribution >= 4 is 34.7 Å². The molecule has 10 heteroatoms. The fourth-order valence-electron chi connectivity index (χ4n) is 4.65. The maximum atomic E-state index is 14.5. The lowest BCUT2D eigenvalue weighted by Crippen LogP contribution is -2.31. The van der Waals surface area contributed by atoms with Crippen LogP contribution in [0.2, 0.25) is 0 Å². The van der Waals surface area contributed by atoms with Gasteiger partial charge < -0.3 is 9.88 Å². The number of nitrogens with zero attached hydrogens (tertiary/aromatic N) is 7. The van der Waals surface area contributed by atoms with Crippen LogP contribution in [0.1, 0.15) is 24.4 Å². The van der Waals surface area contributed by atoms with Gasteiger partial charge in [0.15, 0.2) is 11.5 Å². The first kappa shape index (κ1) is 21.9. The molecular formula is C25H23FN8S. The van der Waals surface area contributed by atoms with Crippen LogP contribution in [0.15, 0.2) is 70.3 Å². The lowest BCUT2D eigenvalue weighted by Gasteiger charge is -2.24. The summed E-state index contributed by atoms with van der Waals surface area (Å²) < 4.78 is 18.6. The Morgan fingerprint density at radius 3 is 2.94 bits per heavy atom. The summed E-state index contributed by atoms with van der Waals surface area (Å²) in [6.45, 7) is 1.94. The maximum absolute atomic E-state index is 14.5. The van der Waals surface area contributed by atoms with Gasteiger partial charge in [-0.25, -0.2) is 18.9 Å². The molecule has 0 aliphatic carbocycles. The zero-order valence-electron chi connectivity index (χ0n) is 19.1. The van der Waals surface area contributed by atoms with E-state index in [-0.39, 0.29) is 5.82 Å². The third kappa shape index (κ3) is 3.98. The summed E-state index contributed by atoms with van der Waals surface area (Å²) >= 11 is 1.28. The number of hydrogen-bond acceptors (Lipinski definition) is 7. The molecule has 35 heavy (non-hydrogen) atoms. The van der Waals surface area contributed by atoms with E-state index in [0.717, 1.165) is 64.2 Å². The molecule has 0 spiro atoms. The van der Waals surface area contributed by atoms with Crippen molar-refractivity contribution < 1.29 is 4.39 Å². The minimum Gasteiger partial charge on any atom is -0.326 e. The van der Waals surface area contributed by atoms with E-state index < -0.39 is 0 Å². The summed E-state index contributed by atoms with van der Waals surface area (Å²) in [5.74, 6) is -0.362. The molecule has 6 rings (SSSR count). The van der Waals surface area contributed by atoms with Gasteiger partial charge in [-0.15, -0.1) is 0 Å². The van der Waals surface area contributed by atoms with E-state index >= 15 is 0 Å². The van der Waals surface area contributed by atoms with E-state index in [9.17, 15) is 4.39 Å². The second-order valence-electron chi connectivity index (χ2n) is 8.44. The van der Waals surface area contributed by atoms with Gasteiger partial charge in [-0.2, -0.15) is 5.10 Å². The van der Waals surface area contributed by atoms with Crippen LogP contribution >= 0.6 is 11.8 Å². The summed E-state index contributed by atoms with van der Waals surface area (Å²) in [5, 5.41) is 8.36. The van der Waals surface area contributed by atoms with E-state index in [0.29, 0.717) is 11.1 Å². The molecule has 8 nitrogen and oxygen atoms in total. The highest BCUT2D eigenvalue weighted by Gasteiger charge is 2.22. The quantitative estimate of drug-likeness (QED) is 0.371. The first-order valence-corrected chi connectivity index (χ1v) is 12.3. The molecule has 5 aromatic rings. The number of aromatic nitrogens is 6. The van der Waals surface area contributed by atoms with E-state index in [1.54, 1.807) is 44.1 Å². The van der Waals surface area contributed by atoms with E-state index in [4.69, 9.17) is 0 Å². The zero-order valence-corrected chi connectivity index (χ0v) is 19.9. The first-order valence-electron chi connectivity index (χ1n) is 11.5. The van der Waals surface area contributed by atoms with Gasteiger partial charge in [0.2, 0.25) is 0 Å². The van der Waals surface area contributed by atoms with Crippen molar-refractivity contribution in [3.63, 3.8) is 0 Å². The number of piperidine rings is 1. The largest absolute Gasteiger partial charge is 0.326 e. The Labute approximate surface area is 205 Å². The smallest absolute Gasteiger partial charge is 0.159 e. The zero-order chi connectivity index (χ0) is 23.8. The molecule has 6 heterocycles. The minimum atomic E-state index is -0.362. The van der Waals surface area contributed by atoms with E-state index in [1.807, 2.05) is 10.7 Å². The fourth-order valence-corrected chi connectivity index (χ4v) is 5.63. The average molecular weight is 487 g/mol. The van der Waals surface area contributed by atoms with Gasteiger partial charge in [0.1, 0.15) is 10.5 Å². The molecule has 0 unspecified atom stereocenters. The molecule has 0 aromatic carbocycles. The standard InChI is InChI=1S/C25H23FN8S/c1-27-11-17-12-32-34-14-16(10-21(23(17)34)35-25-20(26)5-3-7-31-25)19-15-33(18-4-2-6-28-13-18)24-22(19)29-8-9-30-24/h3,5,7-12,14-15,18,28H,2,4,6,13H2,1H3/b27-11-/t18-/m0/s1. The molecular weight excluding hydrogens is 463 g/mol. The lowest BCUT2D eigenvalue weighted by atomic mass is 10.1. The van der Waals surface area contributed by atoms with Crippen molar-refractivity contribution in [1.82, 2.24) is 34.4 Å². The topological polar surface area (TPSA) is 85.3 Å². The second-order valence-corrected chi connectivity index (χ2v) is 9.48. The summed E-state index contributed by atoms with van der Waals surface area (Å²) in [6, 6.07) is 5.37. The molecule has 1 aliphatic rings. The first-order chi connectivity index (χ1) is 17.2. The summed E-state index contributed by atoms with van der Waals surface area (Å²) in [7, 11) is 1.72. The molecule has 0 amide bonds. The molecule has 1 saturated heterocycles. The van der Waals surface area contributed by atoms with E-state index in [1.165, 1.54) is 17.8 Å². The van der Waals surface area contributed by atoms with Gasteiger partial charge in [-0.05, 0) is 37.6 Å². The van der Waals surface area contributed by atoms with Gasteiger partial charge >= 0.3 is 0 Å². The van der Waals surface area contributed by atoms with Crippen molar-refractivity contribution in [3.8, 4) is 11.1 Å². The number of fused-ring (bicyclic) bond motifs is 2. The molecule has 1 aliphatic heterocycles. The van der Waals surface area contributed by atoms with Crippen LogP contribution in [0, 0.1) is 5.82 Å². The van der Waals surface area contributed by atoms with Crippen LogP contribution in [-0.2, 0) is 0 Å². The number of pyridine rings is 2. The van der Waals surface area contributed by atoms with Crippen LogP contribution < -0.4 is 5.32 Å². The monoisotopic (exact) mass is 486 g/mol. The Morgan fingerprint density at radius 1 is 1.20 bits per heavy atom. The third-order valence-electron chi connectivity index (χ3n) is 6.23. The van der Waals surface area contributed by atoms with Gasteiger partial charge in [0.05, 0.1) is 11.7 Å². The molecule has 0 radical (unpaired) electrons. The van der Waals surface area contributed by atoms with Crippen LogP contribution in [0.4, 0.5) is 4.39 Å². The summed E-state index contributed by atoms with van der Waals surface area (Å²) in [4.78, 5) is 18.6. The second kappa shape index (κ2) is 9.20. The molecule has 176 valence electrons. The Kier molecular flexibility index (Phi) is 5.75. The van der Waals surface area contributed by atoms with Crippen molar-refractivity contribution in [1.29, 1.82) is 0 Å². The van der Waals surface area contributed by atoms with Crippen molar-refractivity contribution in [2.75, 3.05) is 20.1 Å². The van der Waals surface area contributed by atoms with Gasteiger partial charge in [-0.1, -0.05) is 11.8 Å². The Balaban J connectivity index is 1.55. The van der Waals surface area contributed by atoms with Crippen LogP contribution in [0.5, 0.6) is 0 Å². The predicted molar refractivity (Wildman–Crippen MR) is 135 cm³/mol. The lowest BCUT2D eigenvalue weighted by molar-refractivity contribution is 0.378. The summed E-state index contributed by atoms with van der Waals surface area (Å²) in [5.41, 5.74) is 5.28. The van der Waals surface area contributed by atoms with Gasteiger partial charge in [-0.3, -0.25) is 9.98 Å². The van der Waals surface area contributed by atoms with Crippen molar-refractivity contribution in [2.24, 2.45) is 4.99 Å². The van der Waals surface area contributed by atoms with E-state index in [2.05, 4.69) is 47.2 Å². The Morgan fingerprint density at radius 2 is 2.11 bits per heavy atom. The molecule has 1 atom stereocenters. The van der Waals surface area contributed by atoms with Crippen molar-refractivity contribution in [2.45, 2.75) is 28.8 Å². The molecule has 0 saturated carbocycles. The van der Waals surface area contributed by atoms with Gasteiger partial charge in [0.25, 0.3) is 0 Å². The predicted octanol–water partition coefficient (Wildman–Crippen LogP) is 4.40. The maximum Gasteiger partial charge on any atom is 0.159 e. The number of hydrogen-bond donors (Lipinski definition) is 1. The normalized spacial score (nSPS) is 16.6. The highest BCUT2D eigenvalue weighted by molar-refractivity contribution is 7.99. The Bertz CT molecular complexity index is 1550. The van der Waals surface area contributed by atoms with Crippen LogP contribution in [0.25, 0.3) is 27.8 Å². The highest BCUT2D eigenvalue weighted by Crippen LogP contribution is 2.38. The SMILES string of the molecule is C/N=C\c1cnn2cc(-c3cn([C@H]4CCCNC4)c4nccnc34)cc(Sc3ncccc3F)c12.